The van der Waals surface area contributed by atoms with Gasteiger partial charge in [-0.2, -0.15) is 22.6 Å². The second-order valence-electron chi connectivity index (χ2n) is 5.70. The van der Waals surface area contributed by atoms with Crippen molar-refractivity contribution >= 4 is 10.0 Å². The SMILES string of the molecule is O=S(=O)(c1cnn(CC(F)(F)F)c1)N1C2CCNCC1CC2. The number of nitrogens with zero attached hydrogens (tertiary/aromatic N) is 3. The highest BCUT2D eigenvalue weighted by Crippen LogP contribution is 2.33. The van der Waals surface area contributed by atoms with Crippen molar-refractivity contribution in [2.75, 3.05) is 13.1 Å². The van der Waals surface area contributed by atoms with Crippen LogP contribution in [-0.4, -0.2) is 53.9 Å². The average Bonchev–Trinajstić information content (AvgIpc) is 2.91. The van der Waals surface area contributed by atoms with Crippen LogP contribution in [0.15, 0.2) is 17.3 Å². The van der Waals surface area contributed by atoms with Crippen molar-refractivity contribution in [1.82, 2.24) is 19.4 Å². The number of sulfonamides is 1. The van der Waals surface area contributed by atoms with E-state index in [4.69, 9.17) is 0 Å². The first-order chi connectivity index (χ1) is 10.3. The minimum Gasteiger partial charge on any atom is -0.315 e. The lowest BCUT2D eigenvalue weighted by Gasteiger charge is -2.26. The first-order valence-corrected chi connectivity index (χ1v) is 8.55. The Morgan fingerprint density at radius 3 is 2.73 bits per heavy atom. The summed E-state index contributed by atoms with van der Waals surface area (Å²) in [5, 5.41) is 6.72. The zero-order chi connectivity index (χ0) is 16.0. The van der Waals surface area contributed by atoms with E-state index >= 15 is 0 Å². The molecule has 2 bridgehead atoms. The summed E-state index contributed by atoms with van der Waals surface area (Å²) in [6.45, 7) is 0.0316. The molecule has 2 fully saturated rings. The van der Waals surface area contributed by atoms with E-state index in [9.17, 15) is 21.6 Å². The molecule has 0 aromatic carbocycles. The van der Waals surface area contributed by atoms with Crippen LogP contribution in [0.1, 0.15) is 19.3 Å². The Bertz CT molecular complexity index is 629. The molecule has 1 aromatic rings. The van der Waals surface area contributed by atoms with Gasteiger partial charge in [0.2, 0.25) is 10.0 Å². The van der Waals surface area contributed by atoms with E-state index in [-0.39, 0.29) is 17.0 Å². The first kappa shape index (κ1) is 15.8. The van der Waals surface area contributed by atoms with Crippen LogP contribution in [0.5, 0.6) is 0 Å². The number of halogens is 3. The molecule has 1 aromatic heterocycles. The number of fused-ring (bicyclic) bond motifs is 2. The summed E-state index contributed by atoms with van der Waals surface area (Å²) < 4.78 is 64.6. The monoisotopic (exact) mass is 338 g/mol. The highest BCUT2D eigenvalue weighted by atomic mass is 32.2. The second-order valence-corrected chi connectivity index (χ2v) is 7.54. The minimum atomic E-state index is -4.43. The Kier molecular flexibility index (Phi) is 3.94. The normalized spacial score (nSPS) is 27.0. The zero-order valence-corrected chi connectivity index (χ0v) is 12.6. The molecule has 22 heavy (non-hydrogen) atoms. The number of hydrogen-bond acceptors (Lipinski definition) is 4. The fraction of sp³-hybridized carbons (Fsp3) is 0.750. The van der Waals surface area contributed by atoms with Gasteiger partial charge in [-0.25, -0.2) is 8.42 Å². The van der Waals surface area contributed by atoms with Gasteiger partial charge in [0.05, 0.1) is 6.20 Å². The maximum Gasteiger partial charge on any atom is 0.408 e. The molecule has 0 aliphatic carbocycles. The molecule has 6 nitrogen and oxygen atoms in total. The molecule has 10 heteroatoms. The van der Waals surface area contributed by atoms with Gasteiger partial charge in [-0.3, -0.25) is 4.68 Å². The highest BCUT2D eigenvalue weighted by molar-refractivity contribution is 7.89. The lowest BCUT2D eigenvalue weighted by molar-refractivity contribution is -0.142. The number of aromatic nitrogens is 2. The molecule has 2 saturated heterocycles. The van der Waals surface area contributed by atoms with Crippen molar-refractivity contribution in [1.29, 1.82) is 0 Å². The third-order valence-corrected chi connectivity index (χ3v) is 6.07. The molecular weight excluding hydrogens is 321 g/mol. The molecule has 2 atom stereocenters. The van der Waals surface area contributed by atoms with Crippen LogP contribution in [-0.2, 0) is 16.6 Å². The third-order valence-electron chi connectivity index (χ3n) is 4.11. The Morgan fingerprint density at radius 2 is 2.00 bits per heavy atom. The summed E-state index contributed by atoms with van der Waals surface area (Å²) >= 11 is 0. The van der Waals surface area contributed by atoms with Gasteiger partial charge in [0.1, 0.15) is 11.4 Å². The summed E-state index contributed by atoms with van der Waals surface area (Å²) in [6.07, 6.45) is -0.194. The zero-order valence-electron chi connectivity index (χ0n) is 11.8. The van der Waals surface area contributed by atoms with Crippen molar-refractivity contribution in [3.63, 3.8) is 0 Å². The molecule has 0 spiro atoms. The molecule has 124 valence electrons. The quantitative estimate of drug-likeness (QED) is 0.891. The van der Waals surface area contributed by atoms with Crippen molar-refractivity contribution in [3.05, 3.63) is 12.4 Å². The lowest BCUT2D eigenvalue weighted by Crippen LogP contribution is -2.42. The second kappa shape index (κ2) is 5.50. The van der Waals surface area contributed by atoms with Crippen LogP contribution < -0.4 is 5.32 Å². The summed E-state index contributed by atoms with van der Waals surface area (Å²) in [5.74, 6) is 0. The number of nitrogens with one attached hydrogen (secondary N) is 1. The molecular formula is C12H17F3N4O2S. The van der Waals surface area contributed by atoms with Crippen molar-refractivity contribution in [3.8, 4) is 0 Å². The lowest BCUT2D eigenvalue weighted by atomic mass is 10.1. The Hall–Kier alpha value is -1.13. The predicted molar refractivity (Wildman–Crippen MR) is 71.6 cm³/mol. The van der Waals surface area contributed by atoms with E-state index in [1.165, 1.54) is 4.31 Å². The molecule has 3 rings (SSSR count). The van der Waals surface area contributed by atoms with Crippen molar-refractivity contribution in [2.24, 2.45) is 0 Å². The van der Waals surface area contributed by atoms with E-state index < -0.39 is 22.7 Å². The van der Waals surface area contributed by atoms with Crippen LogP contribution in [0.2, 0.25) is 0 Å². The van der Waals surface area contributed by atoms with Crippen molar-refractivity contribution in [2.45, 2.75) is 49.0 Å². The van der Waals surface area contributed by atoms with Gasteiger partial charge in [0, 0.05) is 24.8 Å². The van der Waals surface area contributed by atoms with E-state index in [1.54, 1.807) is 0 Å². The van der Waals surface area contributed by atoms with E-state index in [0.29, 0.717) is 17.6 Å². The van der Waals surface area contributed by atoms with Gasteiger partial charge in [-0.05, 0) is 25.8 Å². The maximum absolute atomic E-state index is 12.7. The average molecular weight is 338 g/mol. The van der Waals surface area contributed by atoms with Crippen LogP contribution in [0, 0.1) is 0 Å². The van der Waals surface area contributed by atoms with Gasteiger partial charge in [-0.15, -0.1) is 0 Å². The molecule has 0 amide bonds. The minimum absolute atomic E-state index is 0.0871. The highest BCUT2D eigenvalue weighted by Gasteiger charge is 2.43. The standard InChI is InChI=1S/C12H17F3N4O2S/c13-12(14,15)8-18-7-11(6-17-18)22(20,21)19-9-1-2-10(19)5-16-4-3-9/h6-7,9-10,16H,1-5,8H2. The summed E-state index contributed by atoms with van der Waals surface area (Å²) in [5.41, 5.74) is 0. The van der Waals surface area contributed by atoms with Crippen LogP contribution in [0.3, 0.4) is 0 Å². The summed E-state index contributed by atoms with van der Waals surface area (Å²) in [7, 11) is -3.81. The summed E-state index contributed by atoms with van der Waals surface area (Å²) in [6, 6.07) is -0.223. The van der Waals surface area contributed by atoms with Gasteiger partial charge in [0.15, 0.2) is 0 Å². The largest absolute Gasteiger partial charge is 0.408 e. The van der Waals surface area contributed by atoms with Gasteiger partial charge < -0.3 is 5.32 Å². The number of hydrogen-bond donors (Lipinski definition) is 1. The molecule has 2 aliphatic rings. The molecule has 3 heterocycles. The van der Waals surface area contributed by atoms with E-state index in [1.807, 2.05) is 0 Å². The number of rotatable bonds is 3. The summed E-state index contributed by atoms with van der Waals surface area (Å²) in [4.78, 5) is -0.171. The van der Waals surface area contributed by atoms with Gasteiger partial charge >= 0.3 is 6.18 Å². The smallest absolute Gasteiger partial charge is 0.315 e. The predicted octanol–water partition coefficient (Wildman–Crippen LogP) is 0.960. The maximum atomic E-state index is 12.7. The Balaban J connectivity index is 1.87. The van der Waals surface area contributed by atoms with Crippen LogP contribution in [0.4, 0.5) is 13.2 Å². The molecule has 0 saturated carbocycles. The Morgan fingerprint density at radius 1 is 1.27 bits per heavy atom. The van der Waals surface area contributed by atoms with Crippen LogP contribution >= 0.6 is 0 Å². The van der Waals surface area contributed by atoms with E-state index in [0.717, 1.165) is 31.8 Å². The third kappa shape index (κ3) is 2.99. The fourth-order valence-corrected chi connectivity index (χ4v) is 5.05. The Labute approximate surface area is 126 Å². The molecule has 2 unspecified atom stereocenters. The molecule has 0 radical (unpaired) electrons. The number of alkyl halides is 3. The first-order valence-electron chi connectivity index (χ1n) is 7.11. The van der Waals surface area contributed by atoms with Crippen molar-refractivity contribution < 1.29 is 21.6 Å². The topological polar surface area (TPSA) is 67.2 Å². The van der Waals surface area contributed by atoms with Gasteiger partial charge in [-0.1, -0.05) is 0 Å². The fourth-order valence-electron chi connectivity index (χ4n) is 3.20. The van der Waals surface area contributed by atoms with Gasteiger partial charge in [0.25, 0.3) is 0 Å². The van der Waals surface area contributed by atoms with Crippen LogP contribution in [0.25, 0.3) is 0 Å². The molecule has 2 aliphatic heterocycles. The molecule has 1 N–H and O–H groups in total. The van der Waals surface area contributed by atoms with E-state index in [2.05, 4.69) is 10.4 Å².